The molecule has 22 heavy (non-hydrogen) atoms. The van der Waals surface area contributed by atoms with Gasteiger partial charge in [0.2, 0.25) is 5.13 Å². The molecular weight excluding hydrogens is 296 g/mol. The van der Waals surface area contributed by atoms with Gasteiger partial charge >= 0.3 is 0 Å². The molecule has 1 saturated carbocycles. The largest absolute Gasteiger partial charge is 0.296 e. The molecular formula is C16H14N4OS. The van der Waals surface area contributed by atoms with Crippen molar-refractivity contribution in [3.8, 4) is 16.4 Å². The van der Waals surface area contributed by atoms with Gasteiger partial charge in [-0.05, 0) is 12.8 Å². The van der Waals surface area contributed by atoms with Crippen molar-refractivity contribution in [3.63, 3.8) is 0 Å². The van der Waals surface area contributed by atoms with E-state index in [0.717, 1.165) is 41.2 Å². The van der Waals surface area contributed by atoms with Crippen LogP contribution in [0.25, 0.3) is 16.4 Å². The van der Waals surface area contributed by atoms with Crippen LogP contribution in [0.15, 0.2) is 35.7 Å². The molecule has 0 bridgehead atoms. The first-order chi connectivity index (χ1) is 10.9. The molecule has 0 saturated heterocycles. The molecule has 0 aliphatic heterocycles. The lowest BCUT2D eigenvalue weighted by atomic mass is 9.82. The second-order valence-electron chi connectivity index (χ2n) is 5.40. The summed E-state index contributed by atoms with van der Waals surface area (Å²) >= 11 is 1.52. The van der Waals surface area contributed by atoms with Crippen molar-refractivity contribution in [2.24, 2.45) is 0 Å². The maximum atomic E-state index is 11.2. The van der Waals surface area contributed by atoms with Gasteiger partial charge < -0.3 is 0 Å². The molecule has 0 unspecified atom stereocenters. The van der Waals surface area contributed by atoms with Gasteiger partial charge in [-0.3, -0.25) is 4.79 Å². The highest BCUT2D eigenvalue weighted by Crippen LogP contribution is 2.38. The number of rotatable bonds is 4. The van der Waals surface area contributed by atoms with Gasteiger partial charge in [-0.25, -0.2) is 4.98 Å². The van der Waals surface area contributed by atoms with Crippen LogP contribution in [0.4, 0.5) is 0 Å². The highest BCUT2D eigenvalue weighted by molar-refractivity contribution is 7.12. The van der Waals surface area contributed by atoms with Crippen molar-refractivity contribution in [2.45, 2.75) is 25.2 Å². The number of carbonyl (C=O) groups excluding carboxylic acids is 1. The fourth-order valence-electron chi connectivity index (χ4n) is 2.69. The first-order valence-corrected chi connectivity index (χ1v) is 8.17. The molecule has 2 heterocycles. The number of thiazole rings is 1. The second-order valence-corrected chi connectivity index (χ2v) is 6.24. The summed E-state index contributed by atoms with van der Waals surface area (Å²) in [5, 5.41) is 10.9. The Morgan fingerprint density at radius 1 is 1.23 bits per heavy atom. The van der Waals surface area contributed by atoms with Crippen molar-refractivity contribution >= 4 is 17.6 Å². The SMILES string of the molecule is O=Cc1nnn(-c2nc(-c3ccccc3)cs2)c1C1CCC1. The summed E-state index contributed by atoms with van der Waals surface area (Å²) in [4.78, 5) is 15.9. The summed E-state index contributed by atoms with van der Waals surface area (Å²) < 4.78 is 1.74. The minimum Gasteiger partial charge on any atom is -0.296 e. The van der Waals surface area contributed by atoms with Gasteiger partial charge in [-0.1, -0.05) is 42.0 Å². The number of aldehydes is 1. The molecule has 0 amide bonds. The molecule has 2 aromatic heterocycles. The zero-order chi connectivity index (χ0) is 14.9. The molecule has 0 radical (unpaired) electrons. The average Bonchev–Trinajstić information content (AvgIpc) is 3.13. The first kappa shape index (κ1) is 13.3. The van der Waals surface area contributed by atoms with E-state index in [-0.39, 0.29) is 0 Å². The molecule has 6 heteroatoms. The Morgan fingerprint density at radius 2 is 2.05 bits per heavy atom. The number of nitrogens with zero attached hydrogens (tertiary/aromatic N) is 4. The Morgan fingerprint density at radius 3 is 2.73 bits per heavy atom. The topological polar surface area (TPSA) is 60.7 Å². The van der Waals surface area contributed by atoms with Crippen LogP contribution in [0.5, 0.6) is 0 Å². The zero-order valence-electron chi connectivity index (χ0n) is 11.8. The number of hydrogen-bond acceptors (Lipinski definition) is 5. The fraction of sp³-hybridized carbons (Fsp3) is 0.250. The van der Waals surface area contributed by atoms with Gasteiger partial charge in [-0.15, -0.1) is 16.4 Å². The van der Waals surface area contributed by atoms with Crippen molar-refractivity contribution < 1.29 is 4.79 Å². The molecule has 3 aromatic rings. The smallest absolute Gasteiger partial charge is 0.212 e. The Kier molecular flexibility index (Phi) is 3.31. The molecule has 4 rings (SSSR count). The Labute approximate surface area is 131 Å². The molecule has 0 atom stereocenters. The summed E-state index contributed by atoms with van der Waals surface area (Å²) in [6.07, 6.45) is 4.17. The Balaban J connectivity index is 1.75. The molecule has 0 spiro atoms. The molecule has 5 nitrogen and oxygen atoms in total. The number of carbonyl (C=O) groups is 1. The van der Waals surface area contributed by atoms with Crippen LogP contribution < -0.4 is 0 Å². The van der Waals surface area contributed by atoms with E-state index in [1.807, 2.05) is 35.7 Å². The van der Waals surface area contributed by atoms with Crippen LogP contribution >= 0.6 is 11.3 Å². The normalized spacial score (nSPS) is 14.7. The lowest BCUT2D eigenvalue weighted by Gasteiger charge is -2.25. The highest BCUT2D eigenvalue weighted by Gasteiger charge is 2.29. The van der Waals surface area contributed by atoms with Gasteiger partial charge in [0.15, 0.2) is 6.29 Å². The zero-order valence-corrected chi connectivity index (χ0v) is 12.7. The minimum atomic E-state index is 0.374. The van der Waals surface area contributed by atoms with Crippen molar-refractivity contribution in [3.05, 3.63) is 47.1 Å². The summed E-state index contributed by atoms with van der Waals surface area (Å²) in [7, 11) is 0. The van der Waals surface area contributed by atoms with Gasteiger partial charge in [0, 0.05) is 16.9 Å². The van der Waals surface area contributed by atoms with Crippen LogP contribution in [0.1, 0.15) is 41.4 Å². The van der Waals surface area contributed by atoms with E-state index in [4.69, 9.17) is 0 Å². The molecule has 1 aromatic carbocycles. The summed E-state index contributed by atoms with van der Waals surface area (Å²) in [6, 6.07) is 10.0. The van der Waals surface area contributed by atoms with Crippen molar-refractivity contribution in [1.82, 2.24) is 20.0 Å². The van der Waals surface area contributed by atoms with Crippen molar-refractivity contribution in [1.29, 1.82) is 0 Å². The predicted molar refractivity (Wildman–Crippen MR) is 84.4 cm³/mol. The summed E-state index contributed by atoms with van der Waals surface area (Å²) in [5.41, 5.74) is 3.35. The Hall–Kier alpha value is -2.34. The highest BCUT2D eigenvalue weighted by atomic mass is 32.1. The van der Waals surface area contributed by atoms with Crippen LogP contribution in [0.3, 0.4) is 0 Å². The van der Waals surface area contributed by atoms with Gasteiger partial charge in [-0.2, -0.15) is 4.68 Å². The molecule has 0 N–H and O–H groups in total. The van der Waals surface area contributed by atoms with E-state index in [2.05, 4.69) is 15.3 Å². The van der Waals surface area contributed by atoms with Gasteiger partial charge in [0.1, 0.15) is 5.69 Å². The van der Waals surface area contributed by atoms with E-state index in [0.29, 0.717) is 11.6 Å². The standard InChI is InChI=1S/C16H14N4OS/c21-9-13-15(12-7-4-8-12)20(19-18-13)16-17-14(10-22-16)11-5-2-1-3-6-11/h1-3,5-6,9-10,12H,4,7-8H2. The van der Waals surface area contributed by atoms with E-state index >= 15 is 0 Å². The third-order valence-corrected chi connectivity index (χ3v) is 4.89. The van der Waals surface area contributed by atoms with Crippen molar-refractivity contribution in [2.75, 3.05) is 0 Å². The minimum absolute atomic E-state index is 0.374. The maximum Gasteiger partial charge on any atom is 0.212 e. The third-order valence-electron chi connectivity index (χ3n) is 4.08. The van der Waals surface area contributed by atoms with E-state index in [1.165, 1.54) is 17.8 Å². The lowest BCUT2D eigenvalue weighted by Crippen LogP contribution is -2.15. The number of aromatic nitrogens is 4. The molecule has 1 aliphatic rings. The first-order valence-electron chi connectivity index (χ1n) is 7.29. The van der Waals surface area contributed by atoms with Crippen LogP contribution in [-0.4, -0.2) is 26.3 Å². The van der Waals surface area contributed by atoms with Crippen LogP contribution in [0, 0.1) is 0 Å². The van der Waals surface area contributed by atoms with Gasteiger partial charge in [0.25, 0.3) is 0 Å². The van der Waals surface area contributed by atoms with E-state index in [9.17, 15) is 4.79 Å². The molecule has 110 valence electrons. The average molecular weight is 310 g/mol. The van der Waals surface area contributed by atoms with Crippen LogP contribution in [0.2, 0.25) is 0 Å². The molecule has 1 aliphatic carbocycles. The lowest BCUT2D eigenvalue weighted by molar-refractivity contribution is 0.111. The van der Waals surface area contributed by atoms with E-state index in [1.54, 1.807) is 4.68 Å². The summed E-state index contributed by atoms with van der Waals surface area (Å²) in [6.45, 7) is 0. The monoisotopic (exact) mass is 310 g/mol. The third kappa shape index (κ3) is 2.16. The van der Waals surface area contributed by atoms with Crippen LogP contribution in [-0.2, 0) is 0 Å². The Bertz CT molecular complexity index is 805. The predicted octanol–water partition coefficient (Wildman–Crippen LogP) is 3.47. The number of hydrogen-bond donors (Lipinski definition) is 0. The molecule has 1 fully saturated rings. The summed E-state index contributed by atoms with van der Waals surface area (Å²) in [5.74, 6) is 0.374. The maximum absolute atomic E-state index is 11.2. The number of benzene rings is 1. The van der Waals surface area contributed by atoms with E-state index < -0.39 is 0 Å². The quantitative estimate of drug-likeness (QED) is 0.692. The van der Waals surface area contributed by atoms with Gasteiger partial charge in [0.05, 0.1) is 11.4 Å². The second kappa shape index (κ2) is 5.46. The fourth-order valence-corrected chi connectivity index (χ4v) is 3.48.